The second-order valence-corrected chi connectivity index (χ2v) is 6.83. The highest BCUT2D eigenvalue weighted by Crippen LogP contribution is 2.24. The summed E-state index contributed by atoms with van der Waals surface area (Å²) in [4.78, 5) is 18.0. The van der Waals surface area contributed by atoms with E-state index in [4.69, 9.17) is 5.21 Å². The van der Waals surface area contributed by atoms with E-state index in [1.54, 1.807) is 12.1 Å². The molecule has 6 nitrogen and oxygen atoms in total. The Bertz CT molecular complexity index is 823. The predicted octanol–water partition coefficient (Wildman–Crippen LogP) is 3.48. The smallest absolute Gasteiger partial charge is 0.267 e. The molecule has 0 aliphatic rings. The topological polar surface area (TPSA) is 70.4 Å². The van der Waals surface area contributed by atoms with Crippen molar-refractivity contribution in [1.82, 2.24) is 19.9 Å². The second kappa shape index (κ2) is 9.75. The molecule has 0 aliphatic carbocycles. The maximum atomic E-state index is 13.4. The van der Waals surface area contributed by atoms with Crippen LogP contribution in [0.4, 0.5) is 8.78 Å². The molecular weight excluding hydrogens is 366 g/mol. The lowest BCUT2D eigenvalue weighted by Crippen LogP contribution is -2.27. The summed E-state index contributed by atoms with van der Waals surface area (Å²) in [6, 6.07) is 5.52. The van der Waals surface area contributed by atoms with Crippen LogP contribution in [0.25, 0.3) is 17.1 Å². The first kappa shape index (κ1) is 22.0. The van der Waals surface area contributed by atoms with Crippen molar-refractivity contribution in [3.05, 3.63) is 35.7 Å². The summed E-state index contributed by atoms with van der Waals surface area (Å²) < 4.78 is 28.8. The molecule has 8 heteroatoms. The molecule has 2 aromatic rings. The van der Waals surface area contributed by atoms with Crippen LogP contribution in [0.2, 0.25) is 0 Å². The van der Waals surface area contributed by atoms with E-state index in [9.17, 15) is 13.6 Å². The zero-order chi connectivity index (χ0) is 20.7. The lowest BCUT2D eigenvalue weighted by molar-refractivity contribution is -0.124. The number of nitrogens with one attached hydrogen (secondary N) is 1. The van der Waals surface area contributed by atoms with Crippen molar-refractivity contribution >= 4 is 23.0 Å². The van der Waals surface area contributed by atoms with Gasteiger partial charge >= 0.3 is 0 Å². The van der Waals surface area contributed by atoms with Gasteiger partial charge < -0.3 is 9.47 Å². The molecule has 0 bridgehead atoms. The number of rotatable bonds is 10. The van der Waals surface area contributed by atoms with Crippen LogP contribution < -0.4 is 5.48 Å². The summed E-state index contributed by atoms with van der Waals surface area (Å²) in [5, 5.41) is 8.56. The van der Waals surface area contributed by atoms with Gasteiger partial charge in [0.2, 0.25) is 5.92 Å². The first-order valence-electron chi connectivity index (χ1n) is 9.49. The Morgan fingerprint density at radius 1 is 1.36 bits per heavy atom. The number of aryl methyl sites for hydroxylation is 1. The lowest BCUT2D eigenvalue weighted by Gasteiger charge is -2.19. The number of aromatic nitrogens is 2. The average Bonchev–Trinajstić information content (AvgIpc) is 3.01. The third-order valence-corrected chi connectivity index (χ3v) is 4.71. The van der Waals surface area contributed by atoms with Gasteiger partial charge in [0.1, 0.15) is 5.82 Å². The van der Waals surface area contributed by atoms with Gasteiger partial charge in [0.05, 0.1) is 11.0 Å². The van der Waals surface area contributed by atoms with Crippen molar-refractivity contribution in [2.45, 2.75) is 46.1 Å². The van der Waals surface area contributed by atoms with Gasteiger partial charge in [0, 0.05) is 32.0 Å². The lowest BCUT2D eigenvalue weighted by atomic mass is 10.2. The minimum atomic E-state index is -2.74. The Morgan fingerprint density at radius 3 is 2.68 bits per heavy atom. The number of benzene rings is 1. The minimum absolute atomic E-state index is 0.189. The van der Waals surface area contributed by atoms with Crippen LogP contribution in [0, 0.1) is 0 Å². The Kier molecular flexibility index (Phi) is 7.65. The first-order chi connectivity index (χ1) is 13.3. The first-order valence-corrected chi connectivity index (χ1v) is 9.49. The summed E-state index contributed by atoms with van der Waals surface area (Å²) >= 11 is 0. The predicted molar refractivity (Wildman–Crippen MR) is 105 cm³/mol. The van der Waals surface area contributed by atoms with E-state index in [0.29, 0.717) is 17.9 Å². The van der Waals surface area contributed by atoms with Crippen molar-refractivity contribution in [3.8, 4) is 0 Å². The maximum absolute atomic E-state index is 13.4. The standard InChI is InChI=1S/C20H28F2N4O2/c1-4-25(5-2)12-13-26-17-8-6-15(7-9-19(27)24-28)14-16(17)23-18(26)10-11-20(3,21)22/h6-9,14,28H,4-5,10-13H2,1-3H3,(H,24,27)/b9-7+. The third kappa shape index (κ3) is 6.10. The molecule has 0 fully saturated rings. The van der Waals surface area contributed by atoms with Gasteiger partial charge in [-0.15, -0.1) is 0 Å². The normalized spacial score (nSPS) is 12.4. The molecule has 1 amide bonds. The van der Waals surface area contributed by atoms with Gasteiger partial charge in [0.15, 0.2) is 0 Å². The molecule has 0 saturated carbocycles. The molecule has 0 unspecified atom stereocenters. The minimum Gasteiger partial charge on any atom is -0.327 e. The maximum Gasteiger partial charge on any atom is 0.267 e. The van der Waals surface area contributed by atoms with Gasteiger partial charge in [-0.05, 0) is 43.8 Å². The summed E-state index contributed by atoms with van der Waals surface area (Å²) in [6.45, 7) is 8.44. The highest BCUT2D eigenvalue weighted by molar-refractivity contribution is 5.91. The van der Waals surface area contributed by atoms with E-state index in [1.807, 2.05) is 16.7 Å². The third-order valence-electron chi connectivity index (χ3n) is 4.71. The largest absolute Gasteiger partial charge is 0.327 e. The van der Waals surface area contributed by atoms with Gasteiger partial charge in [-0.2, -0.15) is 0 Å². The van der Waals surface area contributed by atoms with Crippen molar-refractivity contribution in [2.75, 3.05) is 19.6 Å². The number of halogens is 2. The van der Waals surface area contributed by atoms with Gasteiger partial charge in [-0.1, -0.05) is 19.9 Å². The van der Waals surface area contributed by atoms with Gasteiger partial charge in [-0.25, -0.2) is 19.2 Å². The van der Waals surface area contributed by atoms with E-state index in [1.165, 1.54) is 11.6 Å². The van der Waals surface area contributed by atoms with Crippen molar-refractivity contribution in [3.63, 3.8) is 0 Å². The van der Waals surface area contributed by atoms with Crippen LogP contribution >= 0.6 is 0 Å². The average molecular weight is 394 g/mol. The van der Waals surface area contributed by atoms with Crippen LogP contribution in [0.3, 0.4) is 0 Å². The zero-order valence-electron chi connectivity index (χ0n) is 16.6. The molecule has 0 spiro atoms. The number of carbonyl (C=O) groups excluding carboxylic acids is 1. The highest BCUT2D eigenvalue weighted by Gasteiger charge is 2.22. The molecule has 2 rings (SSSR count). The number of hydrogen-bond donors (Lipinski definition) is 2. The van der Waals surface area contributed by atoms with E-state index < -0.39 is 11.8 Å². The number of alkyl halides is 2. The van der Waals surface area contributed by atoms with Crippen LogP contribution in [-0.2, 0) is 17.8 Å². The number of amides is 1. The van der Waals surface area contributed by atoms with E-state index in [0.717, 1.165) is 37.6 Å². The van der Waals surface area contributed by atoms with E-state index in [2.05, 4.69) is 23.7 Å². The number of nitrogens with zero attached hydrogens (tertiary/aromatic N) is 3. The molecule has 1 heterocycles. The highest BCUT2D eigenvalue weighted by atomic mass is 19.3. The summed E-state index contributed by atoms with van der Waals surface area (Å²) in [5.74, 6) is -2.73. The zero-order valence-corrected chi connectivity index (χ0v) is 16.6. The van der Waals surface area contributed by atoms with E-state index in [-0.39, 0.29) is 12.8 Å². The summed E-state index contributed by atoms with van der Waals surface area (Å²) in [5.41, 5.74) is 3.84. The Hall–Kier alpha value is -2.32. The fourth-order valence-corrected chi connectivity index (χ4v) is 3.06. The molecule has 1 aromatic heterocycles. The fourth-order valence-electron chi connectivity index (χ4n) is 3.06. The van der Waals surface area contributed by atoms with Crippen molar-refractivity contribution < 1.29 is 18.8 Å². The van der Waals surface area contributed by atoms with Crippen LogP contribution in [-0.4, -0.2) is 51.1 Å². The SMILES string of the molecule is CCN(CC)CCn1c(CCC(C)(F)F)nc2cc(/C=C/C(=O)NO)ccc21. The quantitative estimate of drug-likeness (QED) is 0.368. The molecule has 0 aliphatic heterocycles. The van der Waals surface area contributed by atoms with Gasteiger partial charge in [0.25, 0.3) is 5.91 Å². The number of likely N-dealkylation sites (N-methyl/N-ethyl adjacent to an activating group) is 1. The molecule has 28 heavy (non-hydrogen) atoms. The molecule has 2 N–H and O–H groups in total. The number of imidazole rings is 1. The summed E-state index contributed by atoms with van der Waals surface area (Å²) in [7, 11) is 0. The molecule has 0 atom stereocenters. The van der Waals surface area contributed by atoms with Crippen LogP contribution in [0.15, 0.2) is 24.3 Å². The molecule has 0 radical (unpaired) electrons. The molecule has 154 valence electrons. The molecule has 1 aromatic carbocycles. The second-order valence-electron chi connectivity index (χ2n) is 6.83. The number of hydroxylamine groups is 1. The molecular formula is C20H28F2N4O2. The fraction of sp³-hybridized carbons (Fsp3) is 0.500. The van der Waals surface area contributed by atoms with Gasteiger partial charge in [-0.3, -0.25) is 10.0 Å². The Morgan fingerprint density at radius 2 is 2.07 bits per heavy atom. The number of hydrogen-bond acceptors (Lipinski definition) is 4. The van der Waals surface area contributed by atoms with Crippen molar-refractivity contribution in [1.29, 1.82) is 0 Å². The summed E-state index contributed by atoms with van der Waals surface area (Å²) in [6.07, 6.45) is 2.69. The Balaban J connectivity index is 2.34. The van der Waals surface area contributed by atoms with E-state index >= 15 is 0 Å². The van der Waals surface area contributed by atoms with Crippen molar-refractivity contribution in [2.24, 2.45) is 0 Å². The number of fused-ring (bicyclic) bond motifs is 1. The monoisotopic (exact) mass is 394 g/mol. The number of carbonyl (C=O) groups is 1. The van der Waals surface area contributed by atoms with Crippen LogP contribution in [0.5, 0.6) is 0 Å². The molecule has 0 saturated heterocycles. The Labute approximate surface area is 163 Å². The van der Waals surface area contributed by atoms with Crippen LogP contribution in [0.1, 0.15) is 38.6 Å².